The molecule has 3 amide bonds. The number of imide groups is 1. The van der Waals surface area contributed by atoms with Gasteiger partial charge in [-0.2, -0.15) is 0 Å². The Labute approximate surface area is 200 Å². The molecular formula is C23H20Cl3N3O3. The number of rotatable bonds is 4. The number of piperidine rings is 1. The van der Waals surface area contributed by atoms with Crippen LogP contribution < -0.4 is 10.2 Å². The lowest BCUT2D eigenvalue weighted by molar-refractivity contribution is -0.120. The second kappa shape index (κ2) is 9.14. The first-order valence-corrected chi connectivity index (χ1v) is 11.3. The summed E-state index contributed by atoms with van der Waals surface area (Å²) >= 11 is 18.2. The van der Waals surface area contributed by atoms with E-state index in [1.165, 1.54) is 18.2 Å². The third-order valence-corrected chi connectivity index (χ3v) is 6.37. The Hall–Kier alpha value is -2.54. The summed E-state index contributed by atoms with van der Waals surface area (Å²) in [6.07, 6.45) is 1.96. The molecule has 1 saturated heterocycles. The summed E-state index contributed by atoms with van der Waals surface area (Å²) in [5, 5.41) is 3.21. The number of hydrogen-bond donors (Lipinski definition) is 1. The zero-order valence-electron chi connectivity index (χ0n) is 17.2. The first-order chi connectivity index (χ1) is 15.2. The maximum atomic E-state index is 13.0. The lowest BCUT2D eigenvalue weighted by Crippen LogP contribution is -2.37. The van der Waals surface area contributed by atoms with Gasteiger partial charge in [-0.05, 0) is 55.2 Å². The van der Waals surface area contributed by atoms with Gasteiger partial charge in [-0.3, -0.25) is 14.4 Å². The molecule has 166 valence electrons. The van der Waals surface area contributed by atoms with Crippen molar-refractivity contribution in [1.29, 1.82) is 0 Å². The summed E-state index contributed by atoms with van der Waals surface area (Å²) in [5.41, 5.74) is 1.11. The van der Waals surface area contributed by atoms with Crippen LogP contribution in [0.25, 0.3) is 0 Å². The molecule has 1 N–H and O–H groups in total. The van der Waals surface area contributed by atoms with Crippen LogP contribution in [0.3, 0.4) is 0 Å². The molecule has 2 aliphatic rings. The van der Waals surface area contributed by atoms with Crippen LogP contribution in [0, 0.1) is 5.92 Å². The van der Waals surface area contributed by atoms with Crippen molar-refractivity contribution in [1.82, 2.24) is 4.90 Å². The van der Waals surface area contributed by atoms with Gasteiger partial charge in [0, 0.05) is 34.4 Å². The number of anilines is 2. The fourth-order valence-electron chi connectivity index (χ4n) is 3.78. The van der Waals surface area contributed by atoms with Gasteiger partial charge in [-0.25, -0.2) is 4.90 Å². The molecule has 2 heterocycles. The van der Waals surface area contributed by atoms with Crippen LogP contribution in [0.5, 0.6) is 0 Å². The molecule has 6 nitrogen and oxygen atoms in total. The van der Waals surface area contributed by atoms with Crippen molar-refractivity contribution in [2.75, 3.05) is 23.3 Å². The van der Waals surface area contributed by atoms with Gasteiger partial charge in [0.2, 0.25) is 0 Å². The molecule has 0 unspecified atom stereocenters. The molecule has 0 radical (unpaired) electrons. The number of benzene rings is 2. The maximum Gasteiger partial charge on any atom is 0.283 e. The van der Waals surface area contributed by atoms with Gasteiger partial charge in [0.15, 0.2) is 0 Å². The van der Waals surface area contributed by atoms with Crippen LogP contribution in [-0.2, 0) is 9.59 Å². The molecule has 0 aliphatic carbocycles. The second-order valence-corrected chi connectivity index (χ2v) is 9.19. The molecule has 0 atom stereocenters. The van der Waals surface area contributed by atoms with Crippen molar-refractivity contribution in [3.8, 4) is 0 Å². The fourth-order valence-corrected chi connectivity index (χ4v) is 4.51. The topological polar surface area (TPSA) is 69.7 Å². The summed E-state index contributed by atoms with van der Waals surface area (Å²) in [4.78, 5) is 41.3. The number of amides is 3. The number of carbonyl (C=O) groups excluding carboxylic acids is 3. The average Bonchev–Trinajstić information content (AvgIpc) is 2.96. The van der Waals surface area contributed by atoms with E-state index in [9.17, 15) is 14.4 Å². The van der Waals surface area contributed by atoms with E-state index in [1.54, 1.807) is 24.3 Å². The van der Waals surface area contributed by atoms with Gasteiger partial charge in [0.05, 0.1) is 5.69 Å². The Morgan fingerprint density at radius 2 is 1.62 bits per heavy atom. The van der Waals surface area contributed by atoms with E-state index in [0.717, 1.165) is 30.8 Å². The second-order valence-electron chi connectivity index (χ2n) is 7.94. The first kappa shape index (κ1) is 22.6. The number of hydrogen-bond acceptors (Lipinski definition) is 4. The van der Waals surface area contributed by atoms with E-state index in [4.69, 9.17) is 34.8 Å². The van der Waals surface area contributed by atoms with Crippen LogP contribution in [0.2, 0.25) is 10.0 Å². The molecule has 9 heteroatoms. The smallest absolute Gasteiger partial charge is 0.283 e. The van der Waals surface area contributed by atoms with E-state index in [0.29, 0.717) is 17.2 Å². The van der Waals surface area contributed by atoms with Crippen LogP contribution in [-0.4, -0.2) is 35.7 Å². The van der Waals surface area contributed by atoms with Crippen LogP contribution >= 0.6 is 34.8 Å². The Morgan fingerprint density at radius 3 is 2.28 bits per heavy atom. The fraction of sp³-hybridized carbons (Fsp3) is 0.261. The number of nitrogens with zero attached hydrogens (tertiary/aromatic N) is 2. The van der Waals surface area contributed by atoms with Crippen molar-refractivity contribution in [3.63, 3.8) is 0 Å². The first-order valence-electron chi connectivity index (χ1n) is 10.2. The highest BCUT2D eigenvalue weighted by atomic mass is 35.5. The van der Waals surface area contributed by atoms with Crippen molar-refractivity contribution < 1.29 is 14.4 Å². The summed E-state index contributed by atoms with van der Waals surface area (Å²) in [5.74, 6) is -0.777. The molecule has 2 aliphatic heterocycles. The average molecular weight is 493 g/mol. The summed E-state index contributed by atoms with van der Waals surface area (Å²) in [7, 11) is 0. The van der Waals surface area contributed by atoms with E-state index >= 15 is 0 Å². The highest BCUT2D eigenvalue weighted by molar-refractivity contribution is 6.53. The molecular weight excluding hydrogens is 473 g/mol. The van der Waals surface area contributed by atoms with Crippen molar-refractivity contribution in [2.45, 2.75) is 19.8 Å². The third kappa shape index (κ3) is 4.49. The standard InChI is InChI=1S/C23H20Cl3N3O3/c1-13-5-7-28(8-6-13)21(30)14-3-2-4-17(9-14)27-20-19(26)22(31)29(23(20)32)18-11-15(24)10-16(25)12-18/h2-4,9-13,27H,5-8H2,1H3. The molecule has 1 fully saturated rings. The van der Waals surface area contributed by atoms with Gasteiger partial charge < -0.3 is 10.2 Å². The summed E-state index contributed by atoms with van der Waals surface area (Å²) in [6, 6.07) is 11.2. The molecule has 32 heavy (non-hydrogen) atoms. The lowest BCUT2D eigenvalue weighted by atomic mass is 9.98. The minimum Gasteiger partial charge on any atom is -0.350 e. The predicted molar refractivity (Wildman–Crippen MR) is 126 cm³/mol. The van der Waals surface area contributed by atoms with Crippen LogP contribution in [0.4, 0.5) is 11.4 Å². The SMILES string of the molecule is CC1CCN(C(=O)c2cccc(NC3=C(Cl)C(=O)N(c4cc(Cl)cc(Cl)c4)C3=O)c2)CC1. The van der Waals surface area contributed by atoms with Gasteiger partial charge in [0.1, 0.15) is 10.7 Å². The normalized spacial score (nSPS) is 17.4. The van der Waals surface area contributed by atoms with Gasteiger partial charge in [-0.1, -0.05) is 47.8 Å². The lowest BCUT2D eigenvalue weighted by Gasteiger charge is -2.30. The molecule has 2 aromatic rings. The van der Waals surface area contributed by atoms with Gasteiger partial charge in [-0.15, -0.1) is 0 Å². The molecule has 0 saturated carbocycles. The third-order valence-electron chi connectivity index (χ3n) is 5.58. The quantitative estimate of drug-likeness (QED) is 0.588. The molecule has 0 spiro atoms. The molecule has 0 bridgehead atoms. The Bertz CT molecular complexity index is 1120. The minimum atomic E-state index is -0.688. The van der Waals surface area contributed by atoms with Crippen molar-refractivity contribution in [2.24, 2.45) is 5.92 Å². The Kier molecular flexibility index (Phi) is 6.47. The van der Waals surface area contributed by atoms with Crippen molar-refractivity contribution in [3.05, 3.63) is 68.8 Å². The zero-order chi connectivity index (χ0) is 23.0. The Morgan fingerprint density at radius 1 is 0.969 bits per heavy atom. The predicted octanol–water partition coefficient (Wildman–Crippen LogP) is 5.30. The molecule has 0 aromatic heterocycles. The monoisotopic (exact) mass is 491 g/mol. The highest BCUT2D eigenvalue weighted by Gasteiger charge is 2.39. The van der Waals surface area contributed by atoms with Gasteiger partial charge in [0.25, 0.3) is 17.7 Å². The minimum absolute atomic E-state index is 0.0651. The maximum absolute atomic E-state index is 13.0. The Balaban J connectivity index is 1.55. The van der Waals surface area contributed by atoms with E-state index in [2.05, 4.69) is 12.2 Å². The molecule has 2 aromatic carbocycles. The highest BCUT2D eigenvalue weighted by Crippen LogP contribution is 2.33. The number of likely N-dealkylation sites (tertiary alicyclic amines) is 1. The summed E-state index contributed by atoms with van der Waals surface area (Å²) in [6.45, 7) is 3.63. The van der Waals surface area contributed by atoms with E-state index in [1.807, 2.05) is 4.90 Å². The molecule has 4 rings (SSSR count). The largest absolute Gasteiger partial charge is 0.350 e. The summed E-state index contributed by atoms with van der Waals surface area (Å²) < 4.78 is 0. The van der Waals surface area contributed by atoms with Crippen molar-refractivity contribution >= 4 is 63.9 Å². The van der Waals surface area contributed by atoms with Crippen LogP contribution in [0.15, 0.2) is 53.2 Å². The van der Waals surface area contributed by atoms with Crippen LogP contribution in [0.1, 0.15) is 30.1 Å². The number of carbonyl (C=O) groups is 3. The van der Waals surface area contributed by atoms with E-state index in [-0.39, 0.29) is 32.4 Å². The van der Waals surface area contributed by atoms with E-state index < -0.39 is 11.8 Å². The number of nitrogens with one attached hydrogen (secondary N) is 1. The zero-order valence-corrected chi connectivity index (χ0v) is 19.5. The number of halogens is 3. The van der Waals surface area contributed by atoms with Gasteiger partial charge >= 0.3 is 0 Å².